The molecule has 0 heterocycles. The topological polar surface area (TPSA) is 12.0 Å². The van der Waals surface area contributed by atoms with Crippen molar-refractivity contribution in [2.24, 2.45) is 5.92 Å². The first-order valence-electron chi connectivity index (χ1n) is 7.13. The molecule has 0 radical (unpaired) electrons. The molecule has 0 saturated carbocycles. The molecule has 2 unspecified atom stereocenters. The summed E-state index contributed by atoms with van der Waals surface area (Å²) in [5.41, 5.74) is 1.42. The van der Waals surface area contributed by atoms with Crippen LogP contribution in [0.25, 0.3) is 0 Å². The number of benzene rings is 1. The molecule has 2 heteroatoms. The zero-order valence-electron chi connectivity index (χ0n) is 11.9. The summed E-state index contributed by atoms with van der Waals surface area (Å²) in [6, 6.07) is 9.27. The minimum Gasteiger partial charge on any atom is -0.314 e. The van der Waals surface area contributed by atoms with Gasteiger partial charge in [-0.3, -0.25) is 0 Å². The van der Waals surface area contributed by atoms with Crippen LogP contribution in [0, 0.1) is 5.92 Å². The van der Waals surface area contributed by atoms with E-state index in [1.165, 1.54) is 29.3 Å². The molecule has 0 aromatic heterocycles. The zero-order chi connectivity index (χ0) is 13.4. The zero-order valence-corrected chi connectivity index (χ0v) is 13.5. The summed E-state index contributed by atoms with van der Waals surface area (Å²) in [7, 11) is 0. The summed E-state index contributed by atoms with van der Waals surface area (Å²) in [6.45, 7) is 7.89. The quantitative estimate of drug-likeness (QED) is 0.727. The lowest BCUT2D eigenvalue weighted by atomic mass is 9.93. The van der Waals surface area contributed by atoms with E-state index in [0.717, 1.165) is 18.9 Å². The highest BCUT2D eigenvalue weighted by Gasteiger charge is 2.12. The van der Waals surface area contributed by atoms with Crippen molar-refractivity contribution in [1.29, 1.82) is 0 Å². The van der Waals surface area contributed by atoms with E-state index >= 15 is 0 Å². The predicted molar refractivity (Wildman–Crippen MR) is 84.0 cm³/mol. The van der Waals surface area contributed by atoms with Gasteiger partial charge in [0.15, 0.2) is 0 Å². The largest absolute Gasteiger partial charge is 0.314 e. The van der Waals surface area contributed by atoms with Gasteiger partial charge in [-0.05, 0) is 43.0 Å². The van der Waals surface area contributed by atoms with Gasteiger partial charge >= 0.3 is 0 Å². The van der Waals surface area contributed by atoms with Crippen LogP contribution in [0.15, 0.2) is 28.7 Å². The van der Waals surface area contributed by atoms with Gasteiger partial charge in [0.1, 0.15) is 0 Å². The standard InChI is InChI=1S/C16H26BrN/c1-4-7-13(3)10-16(18-5-2)12-14-8-6-9-15(17)11-14/h6,8-9,11,13,16,18H,4-5,7,10,12H2,1-3H3. The van der Waals surface area contributed by atoms with Crippen LogP contribution in [0.1, 0.15) is 45.6 Å². The molecular weight excluding hydrogens is 286 g/mol. The lowest BCUT2D eigenvalue weighted by molar-refractivity contribution is 0.385. The van der Waals surface area contributed by atoms with Crippen molar-refractivity contribution < 1.29 is 0 Å². The summed E-state index contributed by atoms with van der Waals surface area (Å²) in [5.74, 6) is 0.811. The lowest BCUT2D eigenvalue weighted by Crippen LogP contribution is -2.32. The molecule has 0 saturated heterocycles. The molecule has 0 bridgehead atoms. The van der Waals surface area contributed by atoms with Crippen LogP contribution in [0.4, 0.5) is 0 Å². The van der Waals surface area contributed by atoms with E-state index in [1.54, 1.807) is 0 Å². The molecule has 0 aliphatic carbocycles. The van der Waals surface area contributed by atoms with Gasteiger partial charge in [0.05, 0.1) is 0 Å². The van der Waals surface area contributed by atoms with E-state index in [-0.39, 0.29) is 0 Å². The van der Waals surface area contributed by atoms with Crippen molar-refractivity contribution in [3.05, 3.63) is 34.3 Å². The van der Waals surface area contributed by atoms with Crippen LogP contribution in [0.2, 0.25) is 0 Å². The molecule has 1 N–H and O–H groups in total. The number of hydrogen-bond acceptors (Lipinski definition) is 1. The monoisotopic (exact) mass is 311 g/mol. The van der Waals surface area contributed by atoms with Crippen LogP contribution in [0.5, 0.6) is 0 Å². The molecule has 0 spiro atoms. The van der Waals surface area contributed by atoms with Gasteiger partial charge in [-0.25, -0.2) is 0 Å². The maximum atomic E-state index is 3.62. The molecule has 18 heavy (non-hydrogen) atoms. The second kappa shape index (κ2) is 8.71. The molecule has 1 nitrogen and oxygen atoms in total. The normalized spacial score (nSPS) is 14.4. The fourth-order valence-electron chi connectivity index (χ4n) is 2.57. The molecule has 0 fully saturated rings. The number of likely N-dealkylation sites (N-methyl/N-ethyl adjacent to an activating group) is 1. The van der Waals surface area contributed by atoms with E-state index in [4.69, 9.17) is 0 Å². The highest BCUT2D eigenvalue weighted by Crippen LogP contribution is 2.18. The SMILES string of the molecule is CCCC(C)CC(Cc1cccc(Br)c1)NCC. The van der Waals surface area contributed by atoms with E-state index < -0.39 is 0 Å². The number of halogens is 1. The van der Waals surface area contributed by atoms with Gasteiger partial charge in [0.2, 0.25) is 0 Å². The molecule has 1 rings (SSSR count). The fraction of sp³-hybridized carbons (Fsp3) is 0.625. The van der Waals surface area contributed by atoms with Crippen LogP contribution in [-0.2, 0) is 6.42 Å². The van der Waals surface area contributed by atoms with Gasteiger partial charge in [-0.1, -0.05) is 61.7 Å². The predicted octanol–water partition coefficient (Wildman–Crippen LogP) is 4.80. The van der Waals surface area contributed by atoms with Crippen molar-refractivity contribution >= 4 is 15.9 Å². The molecule has 0 amide bonds. The third-order valence-electron chi connectivity index (χ3n) is 3.33. The van der Waals surface area contributed by atoms with Crippen LogP contribution in [-0.4, -0.2) is 12.6 Å². The van der Waals surface area contributed by atoms with Crippen molar-refractivity contribution in [2.45, 2.75) is 52.5 Å². The second-order valence-corrected chi connectivity index (χ2v) is 6.13. The molecular formula is C16H26BrN. The fourth-order valence-corrected chi connectivity index (χ4v) is 3.02. The summed E-state index contributed by atoms with van der Waals surface area (Å²) >= 11 is 3.55. The minimum absolute atomic E-state index is 0.603. The summed E-state index contributed by atoms with van der Waals surface area (Å²) < 4.78 is 1.18. The Labute approximate surface area is 120 Å². The van der Waals surface area contributed by atoms with E-state index in [9.17, 15) is 0 Å². The Morgan fingerprint density at radius 2 is 2.06 bits per heavy atom. The third-order valence-corrected chi connectivity index (χ3v) is 3.83. The molecule has 2 atom stereocenters. The summed E-state index contributed by atoms with van der Waals surface area (Å²) in [4.78, 5) is 0. The first-order valence-corrected chi connectivity index (χ1v) is 7.92. The first kappa shape index (κ1) is 15.7. The first-order chi connectivity index (χ1) is 8.65. The van der Waals surface area contributed by atoms with Crippen molar-refractivity contribution in [2.75, 3.05) is 6.54 Å². The third kappa shape index (κ3) is 6.01. The highest BCUT2D eigenvalue weighted by molar-refractivity contribution is 9.10. The van der Waals surface area contributed by atoms with Crippen LogP contribution >= 0.6 is 15.9 Å². The Kier molecular flexibility index (Phi) is 7.60. The summed E-state index contributed by atoms with van der Waals surface area (Å²) in [5, 5.41) is 3.62. The molecule has 0 aliphatic rings. The van der Waals surface area contributed by atoms with E-state index in [1.807, 2.05) is 0 Å². The number of hydrogen-bond donors (Lipinski definition) is 1. The van der Waals surface area contributed by atoms with Crippen molar-refractivity contribution in [1.82, 2.24) is 5.32 Å². The van der Waals surface area contributed by atoms with Crippen molar-refractivity contribution in [3.63, 3.8) is 0 Å². The number of nitrogens with one attached hydrogen (secondary N) is 1. The van der Waals surface area contributed by atoms with Gasteiger partial charge in [-0.15, -0.1) is 0 Å². The van der Waals surface area contributed by atoms with E-state index in [2.05, 4.69) is 66.3 Å². The van der Waals surface area contributed by atoms with Gasteiger partial charge in [0.25, 0.3) is 0 Å². The lowest BCUT2D eigenvalue weighted by Gasteiger charge is -2.22. The molecule has 1 aromatic rings. The van der Waals surface area contributed by atoms with Crippen molar-refractivity contribution in [3.8, 4) is 0 Å². The van der Waals surface area contributed by atoms with Gasteiger partial charge in [-0.2, -0.15) is 0 Å². The molecule has 102 valence electrons. The minimum atomic E-state index is 0.603. The average Bonchev–Trinajstić information content (AvgIpc) is 2.29. The number of rotatable bonds is 8. The Morgan fingerprint density at radius 3 is 2.67 bits per heavy atom. The average molecular weight is 312 g/mol. The van der Waals surface area contributed by atoms with Gasteiger partial charge < -0.3 is 5.32 Å². The smallest absolute Gasteiger partial charge is 0.0178 e. The van der Waals surface area contributed by atoms with Crippen LogP contribution < -0.4 is 5.32 Å². The Bertz CT molecular complexity index is 338. The van der Waals surface area contributed by atoms with Gasteiger partial charge in [0, 0.05) is 10.5 Å². The Balaban J connectivity index is 2.56. The second-order valence-electron chi connectivity index (χ2n) is 5.22. The van der Waals surface area contributed by atoms with Crippen LogP contribution in [0.3, 0.4) is 0 Å². The van der Waals surface area contributed by atoms with E-state index in [0.29, 0.717) is 6.04 Å². The molecule has 0 aliphatic heterocycles. The highest BCUT2D eigenvalue weighted by atomic mass is 79.9. The Morgan fingerprint density at radius 1 is 1.28 bits per heavy atom. The summed E-state index contributed by atoms with van der Waals surface area (Å²) in [6.07, 6.45) is 5.02. The molecule has 1 aromatic carbocycles. The Hall–Kier alpha value is -0.340. The maximum absolute atomic E-state index is 3.62. The maximum Gasteiger partial charge on any atom is 0.0178 e.